The molecule has 2 aliphatic carbocycles. The maximum Gasteiger partial charge on any atom is 0.240 e. The van der Waals surface area contributed by atoms with Gasteiger partial charge in [0.2, 0.25) is 11.8 Å². The zero-order valence-electron chi connectivity index (χ0n) is 22.2. The number of fused-ring (bicyclic) bond motifs is 3. The summed E-state index contributed by atoms with van der Waals surface area (Å²) in [7, 11) is 3.09. The quantitative estimate of drug-likeness (QED) is 0.239. The number of nitrogens with zero attached hydrogens (tertiary/aromatic N) is 1. The first kappa shape index (κ1) is 26.3. The molecule has 1 saturated carbocycles. The van der Waals surface area contributed by atoms with Crippen LogP contribution in [0.3, 0.4) is 0 Å². The van der Waals surface area contributed by atoms with Crippen LogP contribution in [0.4, 0.5) is 14.5 Å². The number of carbonyl (C=O) groups is 2. The molecular weight excluding hydrogens is 534 g/mol. The smallest absolute Gasteiger partial charge is 0.240 e. The third kappa shape index (κ3) is 4.83. The summed E-state index contributed by atoms with van der Waals surface area (Å²) in [6, 6.07) is 8.85. The molecule has 9 nitrogen and oxygen atoms in total. The van der Waals surface area contributed by atoms with Gasteiger partial charge in [-0.3, -0.25) is 14.6 Å². The van der Waals surface area contributed by atoms with E-state index in [1.54, 1.807) is 44.7 Å². The summed E-state index contributed by atoms with van der Waals surface area (Å²) in [4.78, 5) is 33.5. The maximum absolute atomic E-state index is 15.1. The summed E-state index contributed by atoms with van der Waals surface area (Å²) in [5, 5.41) is 6.21. The fraction of sp³-hybridized carbons (Fsp3) is 0.233. The van der Waals surface area contributed by atoms with Gasteiger partial charge in [0.15, 0.2) is 28.8 Å². The number of aromatic nitrogens is 2. The van der Waals surface area contributed by atoms with E-state index in [4.69, 9.17) is 14.2 Å². The number of anilines is 1. The molecule has 6 rings (SSSR count). The van der Waals surface area contributed by atoms with Crippen LogP contribution in [-0.2, 0) is 9.59 Å². The number of carbonyl (C=O) groups excluding carboxylic acids is 2. The molecule has 0 aliphatic heterocycles. The van der Waals surface area contributed by atoms with Crippen LogP contribution in [0.5, 0.6) is 23.0 Å². The van der Waals surface area contributed by atoms with E-state index in [1.165, 1.54) is 24.3 Å². The molecule has 2 aromatic heterocycles. The van der Waals surface area contributed by atoms with E-state index >= 15 is 4.39 Å². The molecule has 1 atom stereocenters. The van der Waals surface area contributed by atoms with Crippen LogP contribution in [0.25, 0.3) is 21.9 Å². The Bertz CT molecular complexity index is 1760. The monoisotopic (exact) mass is 560 g/mol. The Kier molecular flexibility index (Phi) is 6.56. The van der Waals surface area contributed by atoms with E-state index < -0.39 is 23.0 Å². The van der Waals surface area contributed by atoms with Crippen molar-refractivity contribution >= 4 is 39.4 Å². The van der Waals surface area contributed by atoms with Gasteiger partial charge in [0.25, 0.3) is 0 Å². The third-order valence-electron chi connectivity index (χ3n) is 7.35. The van der Waals surface area contributed by atoms with Crippen molar-refractivity contribution in [2.24, 2.45) is 5.41 Å². The van der Waals surface area contributed by atoms with Crippen LogP contribution in [0, 0.1) is 11.2 Å². The number of halogens is 2. The predicted molar refractivity (Wildman–Crippen MR) is 148 cm³/mol. The highest BCUT2D eigenvalue weighted by molar-refractivity contribution is 6.13. The number of pyridine rings is 1. The van der Waals surface area contributed by atoms with Crippen molar-refractivity contribution in [3.8, 4) is 23.0 Å². The van der Waals surface area contributed by atoms with E-state index in [1.807, 2.05) is 0 Å². The summed E-state index contributed by atoms with van der Waals surface area (Å²) in [6.45, 7) is 0. The molecule has 11 heteroatoms. The molecule has 3 N–H and O–H groups in total. The van der Waals surface area contributed by atoms with E-state index in [-0.39, 0.29) is 23.3 Å². The Labute approximate surface area is 233 Å². The van der Waals surface area contributed by atoms with Gasteiger partial charge >= 0.3 is 0 Å². The molecule has 2 heterocycles. The van der Waals surface area contributed by atoms with E-state index in [0.717, 1.165) is 17.0 Å². The Morgan fingerprint density at radius 1 is 1.00 bits per heavy atom. The van der Waals surface area contributed by atoms with Gasteiger partial charge < -0.3 is 29.8 Å². The standard InChI is InChI=1S/C30H26F2N4O5/c1-39-24-14-19-21(15-25(24)40-2)36-27-23(9-12-33-26(19)27)41-22-8-7-18(13-20(22)32)35-29(38)30(10-11-30)28(37)34-17-5-3-16(31)4-6-17/h3-5,7-9,12-15,17,36H,6,10-11H2,1-2H3,(H,34,37)(H,35,38). The van der Waals surface area contributed by atoms with Crippen molar-refractivity contribution in [1.82, 2.24) is 15.3 Å². The lowest BCUT2D eigenvalue weighted by Crippen LogP contribution is -2.44. The van der Waals surface area contributed by atoms with E-state index in [2.05, 4.69) is 20.6 Å². The van der Waals surface area contributed by atoms with E-state index in [0.29, 0.717) is 47.5 Å². The minimum Gasteiger partial charge on any atom is -0.493 e. The molecule has 41 heavy (non-hydrogen) atoms. The van der Waals surface area contributed by atoms with Crippen molar-refractivity contribution in [1.29, 1.82) is 0 Å². The number of benzene rings is 2. The third-order valence-corrected chi connectivity index (χ3v) is 7.35. The lowest BCUT2D eigenvalue weighted by molar-refractivity contribution is -0.134. The zero-order valence-corrected chi connectivity index (χ0v) is 22.2. The molecular formula is C30H26F2N4O5. The minimum atomic E-state index is -1.23. The SMILES string of the molecule is COc1cc2[nH]c3c(Oc4ccc(NC(=O)C5(C(=O)NC6C=CC(F)=CC6)CC5)cc4F)ccnc3c2cc1OC. The van der Waals surface area contributed by atoms with Crippen LogP contribution >= 0.6 is 0 Å². The van der Waals surface area contributed by atoms with Crippen molar-refractivity contribution in [3.63, 3.8) is 0 Å². The molecule has 1 fully saturated rings. The predicted octanol–water partition coefficient (Wildman–Crippen LogP) is 5.68. The van der Waals surface area contributed by atoms with Crippen LogP contribution in [-0.4, -0.2) is 42.0 Å². The van der Waals surface area contributed by atoms with Gasteiger partial charge in [-0.25, -0.2) is 8.78 Å². The van der Waals surface area contributed by atoms with Crippen molar-refractivity contribution in [2.75, 3.05) is 19.5 Å². The van der Waals surface area contributed by atoms with Crippen LogP contribution < -0.4 is 24.8 Å². The number of allylic oxidation sites excluding steroid dienone is 2. The second-order valence-electron chi connectivity index (χ2n) is 9.96. The fourth-order valence-corrected chi connectivity index (χ4v) is 4.89. The molecule has 4 aromatic rings. The van der Waals surface area contributed by atoms with Crippen molar-refractivity contribution in [3.05, 3.63) is 72.5 Å². The lowest BCUT2D eigenvalue weighted by atomic mass is 10.0. The van der Waals surface area contributed by atoms with Gasteiger partial charge in [0, 0.05) is 35.5 Å². The number of hydrogen-bond donors (Lipinski definition) is 3. The van der Waals surface area contributed by atoms with Gasteiger partial charge in [-0.05, 0) is 49.6 Å². The first-order chi connectivity index (χ1) is 19.8. The number of rotatable bonds is 8. The summed E-state index contributed by atoms with van der Waals surface area (Å²) in [6.07, 6.45) is 6.82. The number of methoxy groups -OCH3 is 2. The van der Waals surface area contributed by atoms with Crippen LogP contribution in [0.1, 0.15) is 19.3 Å². The van der Waals surface area contributed by atoms with Gasteiger partial charge in [-0.2, -0.15) is 0 Å². The average molecular weight is 561 g/mol. The summed E-state index contributed by atoms with van der Waals surface area (Å²) in [5.74, 6) is -0.654. The number of aromatic amines is 1. The highest BCUT2D eigenvalue weighted by atomic mass is 19.1. The maximum atomic E-state index is 15.1. The molecule has 2 aromatic carbocycles. The number of nitrogens with one attached hydrogen (secondary N) is 3. The number of ether oxygens (including phenoxy) is 3. The van der Waals surface area contributed by atoms with Gasteiger partial charge in [-0.15, -0.1) is 0 Å². The number of hydrogen-bond acceptors (Lipinski definition) is 6. The van der Waals surface area contributed by atoms with Crippen molar-refractivity contribution in [2.45, 2.75) is 25.3 Å². The van der Waals surface area contributed by atoms with Gasteiger partial charge in [-0.1, -0.05) is 6.08 Å². The van der Waals surface area contributed by atoms with Crippen molar-refractivity contribution < 1.29 is 32.6 Å². The molecule has 0 radical (unpaired) electrons. The van der Waals surface area contributed by atoms with Gasteiger partial charge in [0.1, 0.15) is 16.8 Å². The normalized spacial score (nSPS) is 17.2. The molecule has 0 bridgehead atoms. The second kappa shape index (κ2) is 10.2. The summed E-state index contributed by atoms with van der Waals surface area (Å²) >= 11 is 0. The first-order valence-corrected chi connectivity index (χ1v) is 13.0. The largest absolute Gasteiger partial charge is 0.493 e. The van der Waals surface area contributed by atoms with E-state index in [9.17, 15) is 14.0 Å². The number of H-pyrrole nitrogens is 1. The molecule has 0 spiro atoms. The molecule has 2 aliphatic rings. The fourth-order valence-electron chi connectivity index (χ4n) is 4.89. The Balaban J connectivity index is 1.18. The zero-order chi connectivity index (χ0) is 28.7. The van der Waals surface area contributed by atoms with Crippen LogP contribution in [0.15, 0.2) is 66.6 Å². The summed E-state index contributed by atoms with van der Waals surface area (Å²) < 4.78 is 45.0. The minimum absolute atomic E-state index is 0.0624. The lowest BCUT2D eigenvalue weighted by Gasteiger charge is -2.20. The highest BCUT2D eigenvalue weighted by Gasteiger charge is 2.56. The Hall–Kier alpha value is -4.93. The van der Waals surface area contributed by atoms with Gasteiger partial charge in [0.05, 0.1) is 31.3 Å². The second-order valence-corrected chi connectivity index (χ2v) is 9.96. The Morgan fingerprint density at radius 3 is 2.46 bits per heavy atom. The molecule has 0 saturated heterocycles. The first-order valence-electron chi connectivity index (χ1n) is 13.0. The summed E-state index contributed by atoms with van der Waals surface area (Å²) in [5.41, 5.74) is 0.859. The number of amides is 2. The highest BCUT2D eigenvalue weighted by Crippen LogP contribution is 2.47. The average Bonchev–Trinajstić information content (AvgIpc) is 3.71. The molecule has 2 amide bonds. The molecule has 1 unspecified atom stereocenters. The Morgan fingerprint density at radius 2 is 1.78 bits per heavy atom. The topological polar surface area (TPSA) is 115 Å². The molecule has 210 valence electrons. The van der Waals surface area contributed by atoms with Crippen LogP contribution in [0.2, 0.25) is 0 Å².